The number of likely N-dealkylation sites (tertiary alicyclic amines) is 1. The van der Waals surface area contributed by atoms with Crippen molar-refractivity contribution in [3.8, 4) is 0 Å². The topological polar surface area (TPSA) is 32.8 Å². The number of piperidine rings is 1. The van der Waals surface area contributed by atoms with Gasteiger partial charge in [-0.15, -0.1) is 0 Å². The van der Waals surface area contributed by atoms with Crippen LogP contribution in [0.1, 0.15) is 35.7 Å². The SMILES string of the molecule is CCN(CC1CCOCC1)CC1[C@H]2CN(C(=O)c3ccccc3C)C[C@@H]12. The number of benzene rings is 1. The summed E-state index contributed by atoms with van der Waals surface area (Å²) in [6.45, 7) is 11.7. The normalized spacial score (nSPS) is 28.4. The van der Waals surface area contributed by atoms with Gasteiger partial charge in [0, 0.05) is 45.0 Å². The maximum atomic E-state index is 12.8. The summed E-state index contributed by atoms with van der Waals surface area (Å²) < 4.78 is 5.49. The molecule has 0 aromatic heterocycles. The molecule has 26 heavy (non-hydrogen) atoms. The minimum Gasteiger partial charge on any atom is -0.381 e. The summed E-state index contributed by atoms with van der Waals surface area (Å²) >= 11 is 0. The minimum absolute atomic E-state index is 0.226. The van der Waals surface area contributed by atoms with Crippen LogP contribution in [0, 0.1) is 30.6 Å². The van der Waals surface area contributed by atoms with Crippen LogP contribution >= 0.6 is 0 Å². The number of nitrogens with zero attached hydrogens (tertiary/aromatic N) is 2. The quantitative estimate of drug-likeness (QED) is 0.785. The third-order valence-electron chi connectivity index (χ3n) is 6.81. The summed E-state index contributed by atoms with van der Waals surface area (Å²) in [5, 5.41) is 0. The Morgan fingerprint density at radius 1 is 1.15 bits per heavy atom. The van der Waals surface area contributed by atoms with Crippen LogP contribution in [0.3, 0.4) is 0 Å². The Morgan fingerprint density at radius 2 is 1.85 bits per heavy atom. The molecule has 3 aliphatic rings. The monoisotopic (exact) mass is 356 g/mol. The van der Waals surface area contributed by atoms with Crippen molar-refractivity contribution in [2.75, 3.05) is 45.9 Å². The zero-order chi connectivity index (χ0) is 18.1. The van der Waals surface area contributed by atoms with Gasteiger partial charge in [-0.2, -0.15) is 0 Å². The summed E-state index contributed by atoms with van der Waals surface area (Å²) in [6, 6.07) is 7.96. The zero-order valence-electron chi connectivity index (χ0n) is 16.2. The first-order chi connectivity index (χ1) is 12.7. The molecule has 2 saturated heterocycles. The fraction of sp³-hybridized carbons (Fsp3) is 0.682. The molecule has 2 heterocycles. The molecule has 1 amide bonds. The molecule has 2 aliphatic heterocycles. The second-order valence-electron chi connectivity index (χ2n) is 8.42. The summed E-state index contributed by atoms with van der Waals surface area (Å²) in [4.78, 5) is 17.5. The van der Waals surface area contributed by atoms with Crippen molar-refractivity contribution in [3.05, 3.63) is 35.4 Å². The van der Waals surface area contributed by atoms with Crippen molar-refractivity contribution in [1.29, 1.82) is 0 Å². The lowest BCUT2D eigenvalue weighted by Crippen LogP contribution is -2.37. The molecule has 1 aliphatic carbocycles. The van der Waals surface area contributed by atoms with Crippen LogP contribution in [0.5, 0.6) is 0 Å². The van der Waals surface area contributed by atoms with E-state index < -0.39 is 0 Å². The lowest BCUT2D eigenvalue weighted by Gasteiger charge is -2.30. The lowest BCUT2D eigenvalue weighted by molar-refractivity contribution is 0.0517. The van der Waals surface area contributed by atoms with Gasteiger partial charge in [-0.1, -0.05) is 25.1 Å². The van der Waals surface area contributed by atoms with Crippen molar-refractivity contribution in [1.82, 2.24) is 9.80 Å². The Bertz CT molecular complexity index is 629. The molecule has 4 heteroatoms. The van der Waals surface area contributed by atoms with Gasteiger partial charge in [0.2, 0.25) is 0 Å². The summed E-state index contributed by atoms with van der Waals surface area (Å²) in [7, 11) is 0. The van der Waals surface area contributed by atoms with Gasteiger partial charge in [0.05, 0.1) is 0 Å². The van der Waals surface area contributed by atoms with Crippen molar-refractivity contribution < 1.29 is 9.53 Å². The number of ether oxygens (including phenoxy) is 1. The molecule has 1 aromatic carbocycles. The van der Waals surface area contributed by atoms with Crippen molar-refractivity contribution in [2.45, 2.75) is 26.7 Å². The van der Waals surface area contributed by atoms with E-state index in [0.29, 0.717) is 0 Å². The van der Waals surface area contributed by atoms with Crippen LogP contribution in [0.15, 0.2) is 24.3 Å². The molecular weight excluding hydrogens is 324 g/mol. The number of amides is 1. The van der Waals surface area contributed by atoms with Crippen LogP contribution in [0.25, 0.3) is 0 Å². The predicted octanol–water partition coefficient (Wildman–Crippen LogP) is 3.06. The van der Waals surface area contributed by atoms with Gasteiger partial charge in [0.25, 0.3) is 5.91 Å². The maximum Gasteiger partial charge on any atom is 0.254 e. The lowest BCUT2D eigenvalue weighted by atomic mass is 9.99. The standard InChI is InChI=1S/C22H32N2O2/c1-3-23(12-17-8-10-26-11-9-17)13-19-20-14-24(15-21(19)20)22(25)18-7-5-4-6-16(18)2/h4-7,17,19-21H,3,8-15H2,1-2H3/t19?,20-,21+. The number of fused-ring (bicyclic) bond motifs is 1. The molecule has 4 nitrogen and oxygen atoms in total. The molecule has 1 unspecified atom stereocenters. The Labute approximate surface area is 157 Å². The van der Waals surface area contributed by atoms with Crippen molar-refractivity contribution in [3.63, 3.8) is 0 Å². The van der Waals surface area contributed by atoms with E-state index in [1.165, 1.54) is 25.9 Å². The van der Waals surface area contributed by atoms with Crippen molar-refractivity contribution in [2.24, 2.45) is 23.7 Å². The van der Waals surface area contributed by atoms with E-state index in [2.05, 4.69) is 16.7 Å². The average molecular weight is 357 g/mol. The van der Waals surface area contributed by atoms with E-state index in [0.717, 1.165) is 67.6 Å². The zero-order valence-corrected chi connectivity index (χ0v) is 16.2. The first-order valence-electron chi connectivity index (χ1n) is 10.3. The number of hydrogen-bond acceptors (Lipinski definition) is 3. The van der Waals surface area contributed by atoms with Crippen molar-refractivity contribution >= 4 is 5.91 Å². The van der Waals surface area contributed by atoms with Gasteiger partial charge in [-0.25, -0.2) is 0 Å². The molecule has 4 rings (SSSR count). The van der Waals surface area contributed by atoms with E-state index in [1.54, 1.807) is 0 Å². The van der Waals surface area contributed by atoms with Gasteiger partial charge in [0.15, 0.2) is 0 Å². The minimum atomic E-state index is 0.226. The average Bonchev–Trinajstić information content (AvgIpc) is 3.10. The van der Waals surface area contributed by atoms with Crippen LogP contribution in [0.2, 0.25) is 0 Å². The molecule has 1 aromatic rings. The van der Waals surface area contributed by atoms with Gasteiger partial charge < -0.3 is 14.5 Å². The molecule has 0 radical (unpaired) electrons. The predicted molar refractivity (Wildman–Crippen MR) is 103 cm³/mol. The summed E-state index contributed by atoms with van der Waals surface area (Å²) in [5.41, 5.74) is 1.96. The fourth-order valence-corrected chi connectivity index (χ4v) is 4.99. The summed E-state index contributed by atoms with van der Waals surface area (Å²) in [6.07, 6.45) is 2.43. The third-order valence-corrected chi connectivity index (χ3v) is 6.81. The van der Waals surface area contributed by atoms with E-state index >= 15 is 0 Å². The number of carbonyl (C=O) groups is 1. The first kappa shape index (κ1) is 18.0. The van der Waals surface area contributed by atoms with Gasteiger partial charge in [-0.3, -0.25) is 4.79 Å². The van der Waals surface area contributed by atoms with Crippen LogP contribution in [-0.2, 0) is 4.74 Å². The fourth-order valence-electron chi connectivity index (χ4n) is 4.99. The molecule has 1 saturated carbocycles. The molecule has 0 spiro atoms. The Kier molecular flexibility index (Phi) is 5.32. The maximum absolute atomic E-state index is 12.8. The van der Waals surface area contributed by atoms with Crippen LogP contribution in [-0.4, -0.2) is 61.6 Å². The van der Waals surface area contributed by atoms with Gasteiger partial charge in [-0.05, 0) is 61.6 Å². The molecule has 3 atom stereocenters. The first-order valence-corrected chi connectivity index (χ1v) is 10.3. The summed E-state index contributed by atoms with van der Waals surface area (Å²) in [5.74, 6) is 3.29. The highest BCUT2D eigenvalue weighted by atomic mass is 16.5. The number of aryl methyl sites for hydroxylation is 1. The molecular formula is C22H32N2O2. The number of rotatable bonds is 6. The molecule has 0 N–H and O–H groups in total. The Hall–Kier alpha value is -1.39. The molecule has 142 valence electrons. The Morgan fingerprint density at radius 3 is 2.50 bits per heavy atom. The van der Waals surface area contributed by atoms with Crippen LogP contribution < -0.4 is 0 Å². The molecule has 0 bridgehead atoms. The smallest absolute Gasteiger partial charge is 0.254 e. The second kappa shape index (κ2) is 7.69. The second-order valence-corrected chi connectivity index (χ2v) is 8.42. The number of carbonyl (C=O) groups excluding carboxylic acids is 1. The van der Waals surface area contributed by atoms with E-state index in [9.17, 15) is 4.79 Å². The highest BCUT2D eigenvalue weighted by Crippen LogP contribution is 2.52. The number of hydrogen-bond donors (Lipinski definition) is 0. The van der Waals surface area contributed by atoms with E-state index in [1.807, 2.05) is 31.2 Å². The van der Waals surface area contributed by atoms with E-state index in [4.69, 9.17) is 4.74 Å². The molecule has 3 fully saturated rings. The highest BCUT2D eigenvalue weighted by Gasteiger charge is 2.56. The largest absolute Gasteiger partial charge is 0.381 e. The van der Waals surface area contributed by atoms with Gasteiger partial charge in [0.1, 0.15) is 0 Å². The van der Waals surface area contributed by atoms with E-state index in [-0.39, 0.29) is 5.91 Å². The third kappa shape index (κ3) is 3.67. The Balaban J connectivity index is 1.27. The highest BCUT2D eigenvalue weighted by molar-refractivity contribution is 5.95. The van der Waals surface area contributed by atoms with Gasteiger partial charge >= 0.3 is 0 Å². The van der Waals surface area contributed by atoms with Crippen LogP contribution in [0.4, 0.5) is 0 Å².